The number of nitrogens with zero attached hydrogens (tertiary/aromatic N) is 1. The van der Waals surface area contributed by atoms with Crippen molar-refractivity contribution in [2.45, 2.75) is 32.2 Å². The molecule has 2 saturated carbocycles. The fraction of sp³-hybridized carbons (Fsp3) is 0.833. The van der Waals surface area contributed by atoms with Crippen molar-refractivity contribution < 1.29 is 0 Å². The van der Waals surface area contributed by atoms with Crippen LogP contribution < -0.4 is 0 Å². The molecule has 0 spiro atoms. The van der Waals surface area contributed by atoms with E-state index in [1.54, 1.807) is 0 Å². The van der Waals surface area contributed by atoms with Gasteiger partial charge in [-0.1, -0.05) is 5.92 Å². The van der Waals surface area contributed by atoms with Crippen LogP contribution in [0, 0.1) is 29.6 Å². The van der Waals surface area contributed by atoms with Crippen molar-refractivity contribution in [2.24, 2.45) is 17.8 Å². The lowest BCUT2D eigenvalue weighted by Crippen LogP contribution is -2.58. The minimum absolute atomic E-state index is 0.944. The molecular weight excluding hydrogens is 158 g/mol. The maximum Gasteiger partial charge on any atom is 0.0604 e. The summed E-state index contributed by atoms with van der Waals surface area (Å²) in [6.07, 6.45) is 4.56. The summed E-state index contributed by atoms with van der Waals surface area (Å²) in [5.74, 6) is 9.41. The molecule has 0 aromatic rings. The van der Waals surface area contributed by atoms with Crippen LogP contribution in [0.1, 0.15) is 26.2 Å². The lowest BCUT2D eigenvalue weighted by molar-refractivity contribution is -0.0105. The minimum Gasteiger partial charge on any atom is -0.288 e. The van der Waals surface area contributed by atoms with Crippen LogP contribution in [0.5, 0.6) is 0 Å². The third-order valence-corrected chi connectivity index (χ3v) is 4.37. The second-order valence-electron chi connectivity index (χ2n) is 4.84. The lowest BCUT2D eigenvalue weighted by Gasteiger charge is -2.50. The number of rotatable bonds is 1. The van der Waals surface area contributed by atoms with Crippen molar-refractivity contribution in [3.05, 3.63) is 0 Å². The van der Waals surface area contributed by atoms with Gasteiger partial charge in [0.05, 0.1) is 6.54 Å². The SMILES string of the molecule is CC#CCN1CC2C3CCC(C3)C21. The fourth-order valence-corrected chi connectivity index (χ4v) is 3.81. The molecule has 0 N–H and O–H groups in total. The van der Waals surface area contributed by atoms with Crippen LogP contribution in [-0.4, -0.2) is 24.0 Å². The summed E-state index contributed by atoms with van der Waals surface area (Å²) in [6.45, 7) is 4.32. The summed E-state index contributed by atoms with van der Waals surface area (Å²) in [5, 5.41) is 0. The van der Waals surface area contributed by atoms with Gasteiger partial charge in [0.2, 0.25) is 0 Å². The Labute approximate surface area is 80.5 Å². The lowest BCUT2D eigenvalue weighted by atomic mass is 9.77. The van der Waals surface area contributed by atoms with Gasteiger partial charge in [0.15, 0.2) is 0 Å². The molecule has 0 aromatic carbocycles. The largest absolute Gasteiger partial charge is 0.288 e. The highest BCUT2D eigenvalue weighted by Gasteiger charge is 2.55. The standard InChI is InChI=1S/C12H17N/c1-2-3-6-13-8-11-9-4-5-10(7-9)12(11)13/h9-12H,4-8H2,1H3. The van der Waals surface area contributed by atoms with E-state index in [4.69, 9.17) is 0 Å². The van der Waals surface area contributed by atoms with Gasteiger partial charge in [-0.25, -0.2) is 0 Å². The van der Waals surface area contributed by atoms with Gasteiger partial charge in [0.1, 0.15) is 0 Å². The van der Waals surface area contributed by atoms with E-state index in [0.29, 0.717) is 0 Å². The van der Waals surface area contributed by atoms with Crippen LogP contribution >= 0.6 is 0 Å². The summed E-state index contributed by atoms with van der Waals surface area (Å²) >= 11 is 0. The molecule has 0 radical (unpaired) electrons. The molecule has 1 heteroatoms. The first kappa shape index (κ1) is 7.88. The molecule has 13 heavy (non-hydrogen) atoms. The van der Waals surface area contributed by atoms with Gasteiger partial charge in [-0.3, -0.25) is 4.90 Å². The van der Waals surface area contributed by atoms with Crippen molar-refractivity contribution in [3.8, 4) is 11.8 Å². The molecule has 1 saturated heterocycles. The monoisotopic (exact) mass is 175 g/mol. The molecule has 1 heterocycles. The summed E-state index contributed by atoms with van der Waals surface area (Å²) in [5.41, 5.74) is 0. The molecule has 4 unspecified atom stereocenters. The van der Waals surface area contributed by atoms with E-state index in [0.717, 1.165) is 30.3 Å². The molecule has 3 fully saturated rings. The van der Waals surface area contributed by atoms with Crippen LogP contribution in [0.2, 0.25) is 0 Å². The maximum atomic E-state index is 3.20. The van der Waals surface area contributed by atoms with Crippen LogP contribution in [0.3, 0.4) is 0 Å². The third-order valence-electron chi connectivity index (χ3n) is 4.37. The Kier molecular flexibility index (Phi) is 1.67. The third kappa shape index (κ3) is 0.987. The Hall–Kier alpha value is -0.480. The molecule has 70 valence electrons. The van der Waals surface area contributed by atoms with Crippen molar-refractivity contribution in [1.29, 1.82) is 0 Å². The molecule has 4 atom stereocenters. The molecular formula is C12H17N. The van der Waals surface area contributed by atoms with Crippen molar-refractivity contribution in [3.63, 3.8) is 0 Å². The Bertz CT molecular complexity index is 271. The number of hydrogen-bond donors (Lipinski definition) is 0. The Morgan fingerprint density at radius 3 is 2.92 bits per heavy atom. The number of fused-ring (bicyclic) bond motifs is 5. The predicted octanol–water partition coefficient (Wildman–Crippen LogP) is 1.74. The molecule has 0 aromatic heterocycles. The molecule has 2 aliphatic carbocycles. The van der Waals surface area contributed by atoms with E-state index < -0.39 is 0 Å². The van der Waals surface area contributed by atoms with Gasteiger partial charge in [0, 0.05) is 12.6 Å². The zero-order chi connectivity index (χ0) is 8.84. The molecule has 3 aliphatic rings. The summed E-state index contributed by atoms with van der Waals surface area (Å²) in [6, 6.07) is 0.944. The average molecular weight is 175 g/mol. The smallest absolute Gasteiger partial charge is 0.0604 e. The van der Waals surface area contributed by atoms with Gasteiger partial charge < -0.3 is 0 Å². The zero-order valence-corrected chi connectivity index (χ0v) is 8.29. The second-order valence-corrected chi connectivity index (χ2v) is 4.84. The van der Waals surface area contributed by atoms with E-state index in [9.17, 15) is 0 Å². The van der Waals surface area contributed by atoms with Crippen molar-refractivity contribution in [1.82, 2.24) is 4.90 Å². The molecule has 0 amide bonds. The van der Waals surface area contributed by atoms with Gasteiger partial charge in [-0.2, -0.15) is 0 Å². The summed E-state index contributed by atoms with van der Waals surface area (Å²) < 4.78 is 0. The van der Waals surface area contributed by atoms with Crippen molar-refractivity contribution >= 4 is 0 Å². The van der Waals surface area contributed by atoms with Gasteiger partial charge in [0.25, 0.3) is 0 Å². The normalized spacial score (nSPS) is 46.5. The quantitative estimate of drug-likeness (QED) is 0.549. The summed E-state index contributed by atoms with van der Waals surface area (Å²) in [7, 11) is 0. The molecule has 1 nitrogen and oxygen atoms in total. The Balaban J connectivity index is 1.68. The Morgan fingerprint density at radius 1 is 1.31 bits per heavy atom. The number of hydrogen-bond acceptors (Lipinski definition) is 1. The van der Waals surface area contributed by atoms with Crippen molar-refractivity contribution in [2.75, 3.05) is 13.1 Å². The van der Waals surface area contributed by atoms with Crippen LogP contribution in [0.15, 0.2) is 0 Å². The minimum atomic E-state index is 0.944. The zero-order valence-electron chi connectivity index (χ0n) is 8.29. The second kappa shape index (κ2) is 2.75. The van der Waals surface area contributed by atoms with Crippen LogP contribution in [0.4, 0.5) is 0 Å². The van der Waals surface area contributed by atoms with E-state index in [1.165, 1.54) is 25.8 Å². The topological polar surface area (TPSA) is 3.24 Å². The fourth-order valence-electron chi connectivity index (χ4n) is 3.81. The maximum absolute atomic E-state index is 3.20. The first-order chi connectivity index (χ1) is 6.40. The highest BCUT2D eigenvalue weighted by molar-refractivity contribution is 5.11. The van der Waals surface area contributed by atoms with Crippen LogP contribution in [0.25, 0.3) is 0 Å². The highest BCUT2D eigenvalue weighted by Crippen LogP contribution is 2.55. The Morgan fingerprint density at radius 2 is 2.15 bits per heavy atom. The predicted molar refractivity (Wildman–Crippen MR) is 53.1 cm³/mol. The molecule has 2 bridgehead atoms. The summed E-state index contributed by atoms with van der Waals surface area (Å²) in [4.78, 5) is 2.60. The van der Waals surface area contributed by atoms with E-state index >= 15 is 0 Å². The van der Waals surface area contributed by atoms with Gasteiger partial charge in [-0.05, 0) is 43.9 Å². The van der Waals surface area contributed by atoms with Crippen LogP contribution in [-0.2, 0) is 0 Å². The van der Waals surface area contributed by atoms with E-state index in [-0.39, 0.29) is 0 Å². The van der Waals surface area contributed by atoms with E-state index in [2.05, 4.69) is 16.7 Å². The van der Waals surface area contributed by atoms with Gasteiger partial charge >= 0.3 is 0 Å². The molecule has 3 rings (SSSR count). The van der Waals surface area contributed by atoms with Gasteiger partial charge in [-0.15, -0.1) is 5.92 Å². The average Bonchev–Trinajstić information content (AvgIpc) is 2.60. The first-order valence-corrected chi connectivity index (χ1v) is 5.54. The number of likely N-dealkylation sites (tertiary alicyclic amines) is 1. The van der Waals surface area contributed by atoms with E-state index in [1.807, 2.05) is 6.92 Å². The molecule has 1 aliphatic heterocycles. The first-order valence-electron chi connectivity index (χ1n) is 5.54. The highest BCUT2D eigenvalue weighted by atomic mass is 15.2.